The highest BCUT2D eigenvalue weighted by molar-refractivity contribution is 5.86. The Hall–Kier alpha value is -2.24. The van der Waals surface area contributed by atoms with E-state index in [4.69, 9.17) is 9.84 Å². The van der Waals surface area contributed by atoms with Crippen LogP contribution in [0.1, 0.15) is 13.8 Å². The molecular formula is C14H20N2O4. The van der Waals surface area contributed by atoms with Crippen LogP contribution in [-0.4, -0.2) is 43.2 Å². The number of nitrogens with zero attached hydrogens (tertiary/aromatic N) is 1. The molecule has 2 unspecified atom stereocenters. The molecule has 0 aliphatic heterocycles. The molecule has 2 atom stereocenters. The van der Waals surface area contributed by atoms with Gasteiger partial charge >= 0.3 is 5.97 Å². The molecule has 1 rings (SSSR count). The summed E-state index contributed by atoms with van der Waals surface area (Å²) in [6, 6.07) is 6.36. The van der Waals surface area contributed by atoms with Crippen molar-refractivity contribution < 1.29 is 19.4 Å². The van der Waals surface area contributed by atoms with E-state index in [2.05, 4.69) is 5.32 Å². The van der Waals surface area contributed by atoms with Gasteiger partial charge in [-0.3, -0.25) is 9.59 Å². The minimum Gasteiger partial charge on any atom is -0.481 e. The van der Waals surface area contributed by atoms with Crippen LogP contribution in [0.5, 0.6) is 5.75 Å². The number of hydrogen-bond donors (Lipinski definition) is 2. The highest BCUT2D eigenvalue weighted by Crippen LogP contribution is 2.20. The smallest absolute Gasteiger partial charge is 0.325 e. The number of rotatable bonds is 6. The molecule has 2 N–H and O–H groups in total. The maximum Gasteiger partial charge on any atom is 0.325 e. The molecule has 0 heterocycles. The van der Waals surface area contributed by atoms with E-state index in [1.807, 2.05) is 37.2 Å². The van der Waals surface area contributed by atoms with Gasteiger partial charge in [0, 0.05) is 25.8 Å². The number of nitrogens with one attached hydrogen (secondary N) is 1. The normalized spacial score (nSPS) is 13.2. The summed E-state index contributed by atoms with van der Waals surface area (Å²) in [5.74, 6) is -0.989. The molecule has 0 radical (unpaired) electrons. The van der Waals surface area contributed by atoms with E-state index in [0.717, 1.165) is 5.69 Å². The van der Waals surface area contributed by atoms with Gasteiger partial charge in [0.05, 0.1) is 0 Å². The minimum absolute atomic E-state index is 0.463. The number of carbonyl (C=O) groups is 2. The largest absolute Gasteiger partial charge is 0.481 e. The number of aliphatic carboxylic acids is 1. The Labute approximate surface area is 118 Å². The number of amides is 1. The summed E-state index contributed by atoms with van der Waals surface area (Å²) in [6.45, 7) is 2.98. The van der Waals surface area contributed by atoms with E-state index in [1.165, 1.54) is 6.92 Å². The number of carbonyl (C=O) groups excluding carboxylic acids is 1. The van der Waals surface area contributed by atoms with Gasteiger partial charge in [-0.2, -0.15) is 0 Å². The Balaban J connectivity index is 2.66. The first-order chi connectivity index (χ1) is 9.31. The molecular weight excluding hydrogens is 260 g/mol. The zero-order valence-electron chi connectivity index (χ0n) is 12.1. The third-order valence-corrected chi connectivity index (χ3v) is 2.75. The lowest BCUT2D eigenvalue weighted by Crippen LogP contribution is -2.44. The zero-order valence-corrected chi connectivity index (χ0v) is 12.1. The standard InChI is InChI=1S/C14H20N2O4/c1-9(14(18)19)15-13(17)10(2)20-12-7-5-6-11(8-12)16(3)4/h5-10H,1-4H3,(H,15,17)(H,18,19). The van der Waals surface area contributed by atoms with E-state index in [1.54, 1.807) is 13.0 Å². The molecule has 110 valence electrons. The molecule has 0 aromatic heterocycles. The molecule has 6 nitrogen and oxygen atoms in total. The predicted molar refractivity (Wildman–Crippen MR) is 76.1 cm³/mol. The molecule has 0 bridgehead atoms. The number of carboxylic acids is 1. The van der Waals surface area contributed by atoms with Gasteiger partial charge in [0.1, 0.15) is 11.8 Å². The SMILES string of the molecule is CC(NC(=O)C(C)Oc1cccc(N(C)C)c1)C(=O)O. The van der Waals surface area contributed by atoms with Crippen LogP contribution in [0.25, 0.3) is 0 Å². The molecule has 1 aromatic rings. The Morgan fingerprint density at radius 1 is 1.30 bits per heavy atom. The molecule has 0 fully saturated rings. The third-order valence-electron chi connectivity index (χ3n) is 2.75. The second-order valence-electron chi connectivity index (χ2n) is 4.72. The first-order valence-corrected chi connectivity index (χ1v) is 6.28. The number of anilines is 1. The average molecular weight is 280 g/mol. The maximum atomic E-state index is 11.8. The van der Waals surface area contributed by atoms with E-state index in [0.29, 0.717) is 5.75 Å². The van der Waals surface area contributed by atoms with Gasteiger partial charge in [-0.15, -0.1) is 0 Å². The fraction of sp³-hybridized carbons (Fsp3) is 0.429. The Bertz CT molecular complexity index is 488. The third kappa shape index (κ3) is 4.46. The van der Waals surface area contributed by atoms with Crippen molar-refractivity contribution in [2.45, 2.75) is 26.0 Å². The molecule has 0 aliphatic carbocycles. The van der Waals surface area contributed by atoms with Gasteiger partial charge in [0.25, 0.3) is 5.91 Å². The quantitative estimate of drug-likeness (QED) is 0.816. The van der Waals surface area contributed by atoms with Crippen LogP contribution in [0.4, 0.5) is 5.69 Å². The molecule has 0 spiro atoms. The van der Waals surface area contributed by atoms with E-state index < -0.39 is 24.0 Å². The number of benzene rings is 1. The lowest BCUT2D eigenvalue weighted by atomic mass is 10.2. The first kappa shape index (κ1) is 15.8. The van der Waals surface area contributed by atoms with Crippen LogP contribution in [0.2, 0.25) is 0 Å². The Morgan fingerprint density at radius 2 is 1.95 bits per heavy atom. The molecule has 1 aromatic carbocycles. The highest BCUT2D eigenvalue weighted by Gasteiger charge is 2.20. The summed E-state index contributed by atoms with van der Waals surface area (Å²) in [7, 11) is 3.81. The lowest BCUT2D eigenvalue weighted by Gasteiger charge is -2.18. The Morgan fingerprint density at radius 3 is 2.50 bits per heavy atom. The fourth-order valence-corrected chi connectivity index (χ4v) is 1.49. The predicted octanol–water partition coefficient (Wildman–Crippen LogP) is 1.11. The summed E-state index contributed by atoms with van der Waals surface area (Å²) in [4.78, 5) is 24.4. The topological polar surface area (TPSA) is 78.9 Å². The van der Waals surface area contributed by atoms with Crippen molar-refractivity contribution in [2.24, 2.45) is 0 Å². The van der Waals surface area contributed by atoms with Gasteiger partial charge in [0.2, 0.25) is 0 Å². The van der Waals surface area contributed by atoms with Crippen molar-refractivity contribution in [2.75, 3.05) is 19.0 Å². The second-order valence-corrected chi connectivity index (χ2v) is 4.72. The Kier molecular flexibility index (Phi) is 5.37. The van der Waals surface area contributed by atoms with Crippen LogP contribution < -0.4 is 15.0 Å². The molecule has 1 amide bonds. The zero-order chi connectivity index (χ0) is 15.3. The van der Waals surface area contributed by atoms with Gasteiger partial charge in [-0.25, -0.2) is 0 Å². The van der Waals surface area contributed by atoms with Crippen molar-refractivity contribution in [3.8, 4) is 5.75 Å². The number of hydrogen-bond acceptors (Lipinski definition) is 4. The van der Waals surface area contributed by atoms with Crippen LogP contribution >= 0.6 is 0 Å². The van der Waals surface area contributed by atoms with E-state index in [-0.39, 0.29) is 0 Å². The van der Waals surface area contributed by atoms with Crippen molar-refractivity contribution in [3.63, 3.8) is 0 Å². The highest BCUT2D eigenvalue weighted by atomic mass is 16.5. The second kappa shape index (κ2) is 6.79. The summed E-state index contributed by atoms with van der Waals surface area (Å²) >= 11 is 0. The number of ether oxygens (including phenoxy) is 1. The van der Waals surface area contributed by atoms with Crippen molar-refractivity contribution in [3.05, 3.63) is 24.3 Å². The monoisotopic (exact) mass is 280 g/mol. The average Bonchev–Trinajstić information content (AvgIpc) is 2.38. The summed E-state index contributed by atoms with van der Waals surface area (Å²) in [5, 5.41) is 11.1. The number of carboxylic acid groups (broad SMARTS) is 1. The molecule has 20 heavy (non-hydrogen) atoms. The van der Waals surface area contributed by atoms with Crippen LogP contribution in [0, 0.1) is 0 Å². The maximum absolute atomic E-state index is 11.8. The van der Waals surface area contributed by atoms with Crippen LogP contribution in [0.3, 0.4) is 0 Å². The summed E-state index contributed by atoms with van der Waals surface area (Å²) < 4.78 is 5.52. The van der Waals surface area contributed by atoms with Crippen molar-refractivity contribution in [1.82, 2.24) is 5.32 Å². The van der Waals surface area contributed by atoms with Crippen molar-refractivity contribution >= 4 is 17.6 Å². The van der Waals surface area contributed by atoms with Gasteiger partial charge < -0.3 is 20.1 Å². The van der Waals surface area contributed by atoms with Gasteiger partial charge in [-0.05, 0) is 26.0 Å². The van der Waals surface area contributed by atoms with Gasteiger partial charge in [0.15, 0.2) is 6.10 Å². The van der Waals surface area contributed by atoms with Crippen LogP contribution in [0.15, 0.2) is 24.3 Å². The molecule has 0 saturated heterocycles. The molecule has 0 aliphatic rings. The lowest BCUT2D eigenvalue weighted by molar-refractivity contribution is -0.142. The fourth-order valence-electron chi connectivity index (χ4n) is 1.49. The molecule has 6 heteroatoms. The summed E-state index contributed by atoms with van der Waals surface area (Å²) in [6.07, 6.45) is -0.769. The minimum atomic E-state index is -1.08. The van der Waals surface area contributed by atoms with Crippen molar-refractivity contribution in [1.29, 1.82) is 0 Å². The summed E-state index contributed by atoms with van der Waals surface area (Å²) in [5.41, 5.74) is 0.953. The first-order valence-electron chi connectivity index (χ1n) is 6.28. The van der Waals surface area contributed by atoms with Crippen LogP contribution in [-0.2, 0) is 9.59 Å². The van der Waals surface area contributed by atoms with E-state index >= 15 is 0 Å². The molecule has 0 saturated carbocycles. The van der Waals surface area contributed by atoms with E-state index in [9.17, 15) is 9.59 Å². The van der Waals surface area contributed by atoms with Gasteiger partial charge in [-0.1, -0.05) is 6.07 Å².